The number of ketones is 1. The zero-order valence-corrected chi connectivity index (χ0v) is 15.8. The van der Waals surface area contributed by atoms with Gasteiger partial charge in [-0.25, -0.2) is 4.79 Å². The maximum absolute atomic E-state index is 13.1. The van der Waals surface area contributed by atoms with E-state index in [1.54, 1.807) is 0 Å². The van der Waals surface area contributed by atoms with E-state index in [-0.39, 0.29) is 16.1 Å². The van der Waals surface area contributed by atoms with E-state index in [2.05, 4.69) is 25.5 Å². The molecule has 0 bridgehead atoms. The molecular weight excluding hydrogens is 427 g/mol. The molecule has 30 heavy (non-hydrogen) atoms. The number of urea groups is 1. The van der Waals surface area contributed by atoms with Gasteiger partial charge in [-0.15, -0.1) is 0 Å². The maximum Gasteiger partial charge on any atom is 0.418 e. The molecule has 0 saturated heterocycles. The molecule has 3 amide bonds. The number of benzene rings is 2. The zero-order chi connectivity index (χ0) is 22.1. The highest BCUT2D eigenvalue weighted by atomic mass is 35.5. The van der Waals surface area contributed by atoms with Crippen LogP contribution in [0.25, 0.3) is 0 Å². The van der Waals surface area contributed by atoms with Crippen LogP contribution in [0.15, 0.2) is 56.6 Å². The molecule has 1 aliphatic rings. The van der Waals surface area contributed by atoms with Crippen LogP contribution in [0, 0.1) is 0 Å². The Hall–Kier alpha value is -3.47. The number of rotatable bonds is 5. The van der Waals surface area contributed by atoms with Crippen LogP contribution in [0.1, 0.15) is 12.5 Å². The summed E-state index contributed by atoms with van der Waals surface area (Å²) in [7, 11) is 0. The summed E-state index contributed by atoms with van der Waals surface area (Å²) in [5.41, 5.74) is -1.56. The second-order valence-corrected chi connectivity index (χ2v) is 6.52. The molecule has 1 unspecified atom stereocenters. The Labute approximate surface area is 171 Å². The fourth-order valence-corrected chi connectivity index (χ4v) is 2.66. The molecule has 0 saturated carbocycles. The summed E-state index contributed by atoms with van der Waals surface area (Å²) < 4.78 is 39.4. The van der Waals surface area contributed by atoms with Gasteiger partial charge in [0, 0.05) is 10.7 Å². The quantitative estimate of drug-likeness (QED) is 0.571. The Morgan fingerprint density at radius 2 is 1.80 bits per heavy atom. The van der Waals surface area contributed by atoms with Crippen molar-refractivity contribution in [3.63, 3.8) is 0 Å². The Bertz CT molecular complexity index is 1210. The third-order valence-electron chi connectivity index (χ3n) is 3.85. The topological polar surface area (TPSA) is 113 Å². The molecule has 0 fully saturated rings. The van der Waals surface area contributed by atoms with Crippen LogP contribution in [-0.4, -0.2) is 23.8 Å². The van der Waals surface area contributed by atoms with Crippen LogP contribution in [0.2, 0.25) is 5.02 Å². The molecule has 154 valence electrons. The molecule has 0 aliphatic carbocycles. The summed E-state index contributed by atoms with van der Waals surface area (Å²) in [6.45, 7) is 1.05. The van der Waals surface area contributed by atoms with Gasteiger partial charge in [0.15, 0.2) is 5.78 Å². The highest BCUT2D eigenvalue weighted by molar-refractivity contribution is 6.30. The van der Waals surface area contributed by atoms with E-state index in [1.807, 2.05) is 0 Å². The van der Waals surface area contributed by atoms with Gasteiger partial charge in [0.2, 0.25) is 6.04 Å². The molecule has 2 aromatic carbocycles. The molecule has 12 heteroatoms. The number of azo groups is 1. The number of hydrogen-bond donors (Lipinski definition) is 1. The minimum Gasteiger partial charge on any atom is -0.324 e. The zero-order valence-electron chi connectivity index (χ0n) is 15.1. The van der Waals surface area contributed by atoms with Gasteiger partial charge in [0.25, 0.3) is 5.91 Å². The van der Waals surface area contributed by atoms with Crippen molar-refractivity contribution in [2.24, 2.45) is 20.2 Å². The summed E-state index contributed by atoms with van der Waals surface area (Å²) in [5.74, 6) is -1.66. The van der Waals surface area contributed by atoms with Crippen LogP contribution in [0.3, 0.4) is 0 Å². The van der Waals surface area contributed by atoms with E-state index >= 15 is 0 Å². The lowest BCUT2D eigenvalue weighted by Gasteiger charge is -2.11. The van der Waals surface area contributed by atoms with Crippen molar-refractivity contribution in [2.75, 3.05) is 5.32 Å². The van der Waals surface area contributed by atoms with Crippen molar-refractivity contribution in [3.05, 3.63) is 57.7 Å². The van der Waals surface area contributed by atoms with Crippen molar-refractivity contribution in [3.8, 4) is 0 Å². The first-order valence-corrected chi connectivity index (χ1v) is 8.63. The molecule has 1 atom stereocenters. The first-order valence-electron chi connectivity index (χ1n) is 8.25. The molecule has 3 rings (SSSR count). The van der Waals surface area contributed by atoms with E-state index in [4.69, 9.17) is 11.6 Å². The number of nitrogens with one attached hydrogen (secondary N) is 1. The fraction of sp³-hybridized carbons (Fsp3) is 0.167. The number of Topliss-reactive ketones (excluding diaryl/α,β-unsaturated/α-hetero) is 1. The number of alkyl halides is 3. The molecule has 1 aliphatic heterocycles. The van der Waals surface area contributed by atoms with E-state index in [0.29, 0.717) is 11.4 Å². The number of anilines is 1. The summed E-state index contributed by atoms with van der Waals surface area (Å²) in [6.07, 6.45) is -4.76. The third kappa shape index (κ3) is 4.74. The lowest BCUT2D eigenvalue weighted by Crippen LogP contribution is -2.32. The van der Waals surface area contributed by atoms with Gasteiger partial charge in [-0.05, 0) is 43.3 Å². The highest BCUT2D eigenvalue weighted by Gasteiger charge is 2.34. The fourth-order valence-electron chi connectivity index (χ4n) is 2.49. The maximum atomic E-state index is 13.1. The van der Waals surface area contributed by atoms with Crippen LogP contribution in [0.5, 0.6) is 0 Å². The van der Waals surface area contributed by atoms with Gasteiger partial charge >= 0.3 is 12.2 Å². The predicted octanol–water partition coefficient (Wildman–Crippen LogP) is 3.41. The number of fused-ring (bicyclic) bond motifs is 1. The summed E-state index contributed by atoms with van der Waals surface area (Å²) in [4.78, 5) is 42.7. The van der Waals surface area contributed by atoms with Crippen LogP contribution in [-0.2, 0) is 15.8 Å². The number of carbonyl (C=O) groups is 3. The average Bonchev–Trinajstić information content (AvgIpc) is 3.01. The Kier molecular flexibility index (Phi) is 5.74. The van der Waals surface area contributed by atoms with Gasteiger partial charge < -0.3 is 5.32 Å². The molecule has 2 aromatic rings. The lowest BCUT2D eigenvalue weighted by molar-refractivity contribution is -0.137. The van der Waals surface area contributed by atoms with Gasteiger partial charge in [-0.3, -0.25) is 9.59 Å². The van der Waals surface area contributed by atoms with E-state index in [9.17, 15) is 27.6 Å². The van der Waals surface area contributed by atoms with Crippen molar-refractivity contribution < 1.29 is 27.6 Å². The van der Waals surface area contributed by atoms with Gasteiger partial charge in [0.1, 0.15) is 0 Å². The number of nitrogens with zero attached hydrogens (tertiary/aromatic N) is 4. The number of halogens is 4. The van der Waals surface area contributed by atoms with E-state index in [0.717, 1.165) is 13.0 Å². The average molecular weight is 438 g/mol. The normalized spacial score (nSPS) is 14.1. The standard InChI is InChI=1S/C18H11ClF3N5O3/c1-8(28)15(27-26-12-4-2-9(19)6-11(12)18(20,21)22)16(29)23-10-3-5-13-14(7-10)25-17(30)24-13/h2-7,15H,1H3,(H,23,29). The monoisotopic (exact) mass is 437 g/mol. The SMILES string of the molecule is CC(=O)C(N=Nc1ccc(Cl)cc1C(F)(F)F)C(=O)Nc1ccc2c(c1)=NC(=O)N=2. The van der Waals surface area contributed by atoms with Gasteiger partial charge in [-0.1, -0.05) is 11.6 Å². The molecule has 1 heterocycles. The first kappa shape index (κ1) is 21.2. The first-order chi connectivity index (χ1) is 14.0. The van der Waals surface area contributed by atoms with Gasteiger partial charge in [-0.2, -0.15) is 33.4 Å². The highest BCUT2D eigenvalue weighted by Crippen LogP contribution is 2.38. The predicted molar refractivity (Wildman–Crippen MR) is 98.2 cm³/mol. The number of carbonyl (C=O) groups excluding carboxylic acids is 3. The van der Waals surface area contributed by atoms with Crippen molar-refractivity contribution in [2.45, 2.75) is 19.1 Å². The molecule has 8 nitrogen and oxygen atoms in total. The van der Waals surface area contributed by atoms with Crippen molar-refractivity contribution in [1.82, 2.24) is 0 Å². The van der Waals surface area contributed by atoms with Crippen LogP contribution < -0.4 is 16.0 Å². The summed E-state index contributed by atoms with van der Waals surface area (Å²) in [6, 6.07) is 4.65. The molecule has 0 aromatic heterocycles. The molecular formula is C18H11ClF3N5O3. The van der Waals surface area contributed by atoms with E-state index in [1.165, 1.54) is 24.3 Å². The summed E-state index contributed by atoms with van der Waals surface area (Å²) >= 11 is 5.60. The Morgan fingerprint density at radius 1 is 1.10 bits per heavy atom. The minimum atomic E-state index is -4.76. The minimum absolute atomic E-state index is 0.158. The van der Waals surface area contributed by atoms with E-state index < -0.39 is 41.2 Å². The molecule has 1 N–H and O–H groups in total. The van der Waals surface area contributed by atoms with Crippen molar-refractivity contribution >= 4 is 40.7 Å². The van der Waals surface area contributed by atoms with Crippen LogP contribution in [0.4, 0.5) is 29.3 Å². The molecule has 0 radical (unpaired) electrons. The Balaban J connectivity index is 1.86. The van der Waals surface area contributed by atoms with Gasteiger partial charge in [0.05, 0.1) is 22.0 Å². The van der Waals surface area contributed by atoms with Crippen LogP contribution >= 0.6 is 11.6 Å². The Morgan fingerprint density at radius 3 is 2.47 bits per heavy atom. The summed E-state index contributed by atoms with van der Waals surface area (Å²) in [5, 5.41) is 9.74. The second-order valence-electron chi connectivity index (χ2n) is 6.09. The van der Waals surface area contributed by atoms with Crippen molar-refractivity contribution in [1.29, 1.82) is 0 Å². The number of hydrogen-bond acceptors (Lipinski definition) is 5. The smallest absolute Gasteiger partial charge is 0.324 e. The second kappa shape index (κ2) is 8.11. The number of amides is 3. The lowest BCUT2D eigenvalue weighted by atomic mass is 10.1. The largest absolute Gasteiger partial charge is 0.418 e. The molecule has 0 spiro atoms. The third-order valence-corrected chi connectivity index (χ3v) is 4.09.